The second-order valence-electron chi connectivity index (χ2n) is 4.56. The van der Waals surface area contributed by atoms with Crippen LogP contribution in [-0.4, -0.2) is 27.5 Å². The van der Waals surface area contributed by atoms with Crippen LogP contribution in [0.4, 0.5) is 19.0 Å². The zero-order valence-electron chi connectivity index (χ0n) is 11.1. The number of anilines is 1. The van der Waals surface area contributed by atoms with Crippen LogP contribution < -0.4 is 5.32 Å². The highest BCUT2D eigenvalue weighted by Gasteiger charge is 2.35. The van der Waals surface area contributed by atoms with E-state index in [0.29, 0.717) is 12.2 Å². The molecular formula is C12H15ClF3N3O. The smallest absolute Gasteiger partial charge is 0.358 e. The SMILES string of the molecule is CC[C@@](C)(Nc1ccnc(Cl)n1)C(=O)CCC(F)(F)F. The Hall–Kier alpha value is -1.37. The normalized spacial score (nSPS) is 14.7. The van der Waals surface area contributed by atoms with E-state index < -0.39 is 30.3 Å². The van der Waals surface area contributed by atoms with Crippen molar-refractivity contribution in [1.29, 1.82) is 0 Å². The first kappa shape index (κ1) is 16.7. The van der Waals surface area contributed by atoms with Crippen molar-refractivity contribution in [3.63, 3.8) is 0 Å². The van der Waals surface area contributed by atoms with Crippen LogP contribution in [0.3, 0.4) is 0 Å². The van der Waals surface area contributed by atoms with E-state index in [-0.39, 0.29) is 5.28 Å². The van der Waals surface area contributed by atoms with Gasteiger partial charge in [-0.25, -0.2) is 9.97 Å². The standard InChI is InChI=1S/C12H15ClF3N3O/c1-3-11(2,8(20)4-6-12(14,15)16)19-9-5-7-17-10(13)18-9/h5,7H,3-4,6H2,1-2H3,(H,17,18,19)/t11-/m1/s1. The highest BCUT2D eigenvalue weighted by atomic mass is 35.5. The van der Waals surface area contributed by atoms with Gasteiger partial charge in [-0.3, -0.25) is 4.79 Å². The monoisotopic (exact) mass is 309 g/mol. The second kappa shape index (κ2) is 6.39. The molecule has 0 saturated heterocycles. The van der Waals surface area contributed by atoms with Crippen LogP contribution in [0.15, 0.2) is 12.3 Å². The molecule has 112 valence electrons. The minimum atomic E-state index is -4.34. The first-order valence-corrected chi connectivity index (χ1v) is 6.41. The Balaban J connectivity index is 2.78. The van der Waals surface area contributed by atoms with Crippen molar-refractivity contribution in [2.75, 3.05) is 5.32 Å². The molecule has 0 aliphatic carbocycles. The predicted octanol–water partition coefficient (Wildman–Crippen LogP) is 3.62. The molecule has 0 amide bonds. The lowest BCUT2D eigenvalue weighted by Crippen LogP contribution is -2.43. The van der Waals surface area contributed by atoms with Crippen molar-refractivity contribution in [2.45, 2.75) is 44.8 Å². The number of hydrogen-bond acceptors (Lipinski definition) is 4. The van der Waals surface area contributed by atoms with Crippen LogP contribution in [0.1, 0.15) is 33.1 Å². The molecule has 4 nitrogen and oxygen atoms in total. The van der Waals surface area contributed by atoms with Crippen LogP contribution in [0, 0.1) is 0 Å². The van der Waals surface area contributed by atoms with Gasteiger partial charge in [-0.1, -0.05) is 6.92 Å². The average Bonchev–Trinajstić information content (AvgIpc) is 2.34. The Bertz CT molecular complexity index is 481. The molecule has 1 heterocycles. The van der Waals surface area contributed by atoms with E-state index in [1.807, 2.05) is 0 Å². The zero-order chi connectivity index (χ0) is 15.4. The summed E-state index contributed by atoms with van der Waals surface area (Å²) >= 11 is 5.62. The molecule has 20 heavy (non-hydrogen) atoms. The predicted molar refractivity (Wildman–Crippen MR) is 69.7 cm³/mol. The highest BCUT2D eigenvalue weighted by molar-refractivity contribution is 6.28. The number of nitrogens with zero attached hydrogens (tertiary/aromatic N) is 2. The lowest BCUT2D eigenvalue weighted by atomic mass is 9.90. The molecule has 0 spiro atoms. The van der Waals surface area contributed by atoms with Gasteiger partial charge in [0.1, 0.15) is 5.82 Å². The molecule has 1 aromatic rings. The van der Waals surface area contributed by atoms with Crippen LogP contribution in [-0.2, 0) is 4.79 Å². The summed E-state index contributed by atoms with van der Waals surface area (Å²) < 4.78 is 36.5. The van der Waals surface area contributed by atoms with E-state index in [1.54, 1.807) is 13.8 Å². The fourth-order valence-electron chi connectivity index (χ4n) is 1.57. The molecular weight excluding hydrogens is 295 g/mol. The van der Waals surface area contributed by atoms with Crippen molar-refractivity contribution in [3.05, 3.63) is 17.5 Å². The lowest BCUT2D eigenvalue weighted by molar-refractivity contribution is -0.144. The van der Waals surface area contributed by atoms with Gasteiger partial charge in [0, 0.05) is 12.6 Å². The number of ketones is 1. The summed E-state index contributed by atoms with van der Waals surface area (Å²) in [7, 11) is 0. The highest BCUT2D eigenvalue weighted by Crippen LogP contribution is 2.26. The summed E-state index contributed by atoms with van der Waals surface area (Å²) in [5.41, 5.74) is -1.12. The minimum Gasteiger partial charge on any atom is -0.358 e. The summed E-state index contributed by atoms with van der Waals surface area (Å²) in [6.07, 6.45) is -4.32. The maximum Gasteiger partial charge on any atom is 0.389 e. The van der Waals surface area contributed by atoms with Crippen molar-refractivity contribution >= 4 is 23.2 Å². The fraction of sp³-hybridized carbons (Fsp3) is 0.583. The molecule has 0 aromatic carbocycles. The average molecular weight is 310 g/mol. The number of carbonyl (C=O) groups excluding carboxylic acids is 1. The third-order valence-corrected chi connectivity index (χ3v) is 3.17. The quantitative estimate of drug-likeness (QED) is 0.815. The van der Waals surface area contributed by atoms with Gasteiger partial charge < -0.3 is 5.32 Å². The molecule has 1 atom stereocenters. The van der Waals surface area contributed by atoms with E-state index in [2.05, 4.69) is 15.3 Å². The van der Waals surface area contributed by atoms with Gasteiger partial charge >= 0.3 is 6.18 Å². The molecule has 0 fully saturated rings. The second-order valence-corrected chi connectivity index (χ2v) is 4.90. The Morgan fingerprint density at radius 3 is 2.60 bits per heavy atom. The Kier molecular flexibility index (Phi) is 5.33. The van der Waals surface area contributed by atoms with Crippen molar-refractivity contribution < 1.29 is 18.0 Å². The molecule has 1 rings (SSSR count). The van der Waals surface area contributed by atoms with E-state index in [9.17, 15) is 18.0 Å². The number of rotatable bonds is 6. The molecule has 0 aliphatic rings. The molecule has 0 bridgehead atoms. The minimum absolute atomic E-state index is 0.00352. The van der Waals surface area contributed by atoms with Crippen molar-refractivity contribution in [3.8, 4) is 0 Å². The topological polar surface area (TPSA) is 54.9 Å². The van der Waals surface area contributed by atoms with E-state index in [0.717, 1.165) is 0 Å². The molecule has 0 aliphatic heterocycles. The number of alkyl halides is 3. The molecule has 0 radical (unpaired) electrons. The van der Waals surface area contributed by atoms with Crippen LogP contribution in [0.25, 0.3) is 0 Å². The number of hydrogen-bond donors (Lipinski definition) is 1. The summed E-state index contributed by atoms with van der Waals surface area (Å²) in [5, 5.41) is 2.83. The Labute approximate surface area is 119 Å². The van der Waals surface area contributed by atoms with Crippen LogP contribution in [0.2, 0.25) is 5.28 Å². The third kappa shape index (κ3) is 4.96. The van der Waals surface area contributed by atoms with Gasteiger partial charge in [-0.2, -0.15) is 13.2 Å². The fourth-order valence-corrected chi connectivity index (χ4v) is 1.72. The largest absolute Gasteiger partial charge is 0.389 e. The Morgan fingerprint density at radius 1 is 1.45 bits per heavy atom. The van der Waals surface area contributed by atoms with Gasteiger partial charge in [0.05, 0.1) is 12.0 Å². The van der Waals surface area contributed by atoms with Gasteiger partial charge in [0.2, 0.25) is 5.28 Å². The Morgan fingerprint density at radius 2 is 2.10 bits per heavy atom. The number of halogens is 4. The maximum atomic E-state index is 12.2. The van der Waals surface area contributed by atoms with E-state index in [1.165, 1.54) is 12.3 Å². The molecule has 1 aromatic heterocycles. The van der Waals surface area contributed by atoms with Gasteiger partial charge in [-0.05, 0) is 31.0 Å². The van der Waals surface area contributed by atoms with Gasteiger partial charge in [-0.15, -0.1) is 0 Å². The zero-order valence-corrected chi connectivity index (χ0v) is 11.8. The van der Waals surface area contributed by atoms with Gasteiger partial charge in [0.15, 0.2) is 5.78 Å². The first-order chi connectivity index (χ1) is 9.16. The summed E-state index contributed by atoms with van der Waals surface area (Å²) in [5.74, 6) is -0.221. The van der Waals surface area contributed by atoms with Crippen molar-refractivity contribution in [1.82, 2.24) is 9.97 Å². The van der Waals surface area contributed by atoms with Gasteiger partial charge in [0.25, 0.3) is 0 Å². The van der Waals surface area contributed by atoms with E-state index in [4.69, 9.17) is 11.6 Å². The van der Waals surface area contributed by atoms with Crippen molar-refractivity contribution in [2.24, 2.45) is 0 Å². The number of Topliss-reactive ketones (excluding diaryl/α,β-unsaturated/α-hetero) is 1. The maximum absolute atomic E-state index is 12.2. The molecule has 0 unspecified atom stereocenters. The van der Waals surface area contributed by atoms with Crippen LogP contribution in [0.5, 0.6) is 0 Å². The first-order valence-electron chi connectivity index (χ1n) is 6.03. The number of carbonyl (C=O) groups is 1. The summed E-state index contributed by atoms with van der Waals surface area (Å²) in [6.45, 7) is 3.25. The van der Waals surface area contributed by atoms with Crippen LogP contribution >= 0.6 is 11.6 Å². The van der Waals surface area contributed by atoms with E-state index >= 15 is 0 Å². The molecule has 8 heteroatoms. The number of aromatic nitrogens is 2. The molecule has 1 N–H and O–H groups in total. The summed E-state index contributed by atoms with van der Waals surface area (Å²) in [6, 6.07) is 1.50. The lowest BCUT2D eigenvalue weighted by Gasteiger charge is -2.29. The molecule has 0 saturated carbocycles. The summed E-state index contributed by atoms with van der Waals surface area (Å²) in [4.78, 5) is 19.5. The number of nitrogens with one attached hydrogen (secondary N) is 1. The third-order valence-electron chi connectivity index (χ3n) is 2.99.